The van der Waals surface area contributed by atoms with E-state index in [1.54, 1.807) is 0 Å². The second-order valence-corrected chi connectivity index (χ2v) is 11.0. The molecule has 0 bridgehead atoms. The molecule has 1 aliphatic heterocycles. The number of nitrogens with zero attached hydrogens (tertiary/aromatic N) is 1. The average molecular weight is 577 g/mol. The molecular weight excluding hydrogens is 541 g/mol. The summed E-state index contributed by atoms with van der Waals surface area (Å²) < 4.78 is 11.7. The molecule has 0 radical (unpaired) electrons. The van der Waals surface area contributed by atoms with Crippen molar-refractivity contribution in [2.24, 2.45) is 5.92 Å². The Morgan fingerprint density at radius 3 is 2.34 bits per heavy atom. The van der Waals surface area contributed by atoms with Gasteiger partial charge in [0, 0.05) is 35.2 Å². The molecule has 1 saturated heterocycles. The topological polar surface area (TPSA) is 38.8 Å². The number of morpholine rings is 1. The van der Waals surface area contributed by atoms with Crippen LogP contribution in [0.3, 0.4) is 0 Å². The van der Waals surface area contributed by atoms with Crippen molar-refractivity contribution in [2.75, 3.05) is 32.8 Å². The Bertz CT molecular complexity index is 1180. The molecule has 0 N–H and O–H groups in total. The van der Waals surface area contributed by atoms with Gasteiger partial charge >= 0.3 is 5.97 Å². The van der Waals surface area contributed by atoms with Gasteiger partial charge in [-0.05, 0) is 59.7 Å². The molecule has 1 fully saturated rings. The van der Waals surface area contributed by atoms with E-state index in [1.165, 1.54) is 5.56 Å². The number of hydrogen-bond donors (Lipinski definition) is 0. The number of halogens is 3. The molecule has 7 heteroatoms. The highest BCUT2D eigenvalue weighted by Crippen LogP contribution is 2.33. The van der Waals surface area contributed by atoms with Crippen molar-refractivity contribution in [2.45, 2.75) is 39.2 Å². The van der Waals surface area contributed by atoms with Gasteiger partial charge in [-0.3, -0.25) is 9.69 Å². The fraction of sp³-hybridized carbons (Fsp3) is 0.387. The second kappa shape index (κ2) is 14.3. The molecule has 2 unspecified atom stereocenters. The van der Waals surface area contributed by atoms with Gasteiger partial charge in [-0.2, -0.15) is 0 Å². The number of hydrogen-bond acceptors (Lipinski definition) is 4. The van der Waals surface area contributed by atoms with Crippen LogP contribution in [-0.2, 0) is 20.7 Å². The zero-order valence-electron chi connectivity index (χ0n) is 22.2. The van der Waals surface area contributed by atoms with Gasteiger partial charge < -0.3 is 9.47 Å². The lowest BCUT2D eigenvalue weighted by atomic mass is 9.97. The molecule has 0 aliphatic carbocycles. The summed E-state index contributed by atoms with van der Waals surface area (Å²) in [5.41, 5.74) is 5.34. The molecule has 2 atom stereocenters. The van der Waals surface area contributed by atoms with E-state index in [0.29, 0.717) is 42.3 Å². The van der Waals surface area contributed by atoms with Crippen molar-refractivity contribution in [3.8, 4) is 11.1 Å². The molecule has 38 heavy (non-hydrogen) atoms. The molecule has 204 valence electrons. The molecule has 4 rings (SSSR count). The van der Waals surface area contributed by atoms with E-state index in [0.717, 1.165) is 35.2 Å². The first-order valence-electron chi connectivity index (χ1n) is 12.9. The number of esters is 1. The lowest BCUT2D eigenvalue weighted by molar-refractivity contribution is -0.146. The minimum atomic E-state index is -0.288. The van der Waals surface area contributed by atoms with E-state index < -0.39 is 0 Å². The molecule has 0 aromatic heterocycles. The molecule has 0 spiro atoms. The predicted molar refractivity (Wildman–Crippen MR) is 159 cm³/mol. The molecule has 1 heterocycles. The van der Waals surface area contributed by atoms with E-state index in [1.807, 2.05) is 55.5 Å². The quantitative estimate of drug-likeness (QED) is 0.242. The number of rotatable bonds is 9. The van der Waals surface area contributed by atoms with Crippen molar-refractivity contribution in [3.05, 3.63) is 93.5 Å². The minimum Gasteiger partial charge on any atom is -0.464 e. The summed E-state index contributed by atoms with van der Waals surface area (Å²) in [6.07, 6.45) is 0.914. The normalized spacial score (nSPS) is 16.6. The highest BCUT2D eigenvalue weighted by Gasteiger charge is 2.25. The summed E-state index contributed by atoms with van der Waals surface area (Å²) in [4.78, 5) is 14.9. The SMILES string of the molecule is CC(C)Cc1ccc(C(C)C(=O)OCCN2CCOC(c3ccc(-c4ccc(Cl)cc4)cc3Cl)C2)cc1.Cl. The molecule has 0 saturated carbocycles. The van der Waals surface area contributed by atoms with E-state index in [9.17, 15) is 4.79 Å². The number of carbonyl (C=O) groups is 1. The maximum Gasteiger partial charge on any atom is 0.313 e. The lowest BCUT2D eigenvalue weighted by Crippen LogP contribution is -2.40. The zero-order valence-corrected chi connectivity index (χ0v) is 24.5. The Kier molecular flexibility index (Phi) is 11.5. The van der Waals surface area contributed by atoms with Gasteiger partial charge in [-0.25, -0.2) is 0 Å². The van der Waals surface area contributed by atoms with E-state index in [4.69, 9.17) is 32.7 Å². The van der Waals surface area contributed by atoms with E-state index in [2.05, 4.69) is 36.9 Å². The van der Waals surface area contributed by atoms with Crippen molar-refractivity contribution in [1.82, 2.24) is 4.90 Å². The fourth-order valence-electron chi connectivity index (χ4n) is 4.65. The Morgan fingerprint density at radius 1 is 1.00 bits per heavy atom. The van der Waals surface area contributed by atoms with E-state index >= 15 is 0 Å². The molecular formula is C31H36Cl3NO3. The van der Waals surface area contributed by atoms with Crippen molar-refractivity contribution < 1.29 is 14.3 Å². The summed E-state index contributed by atoms with van der Waals surface area (Å²) in [5.74, 6) is 0.128. The van der Waals surface area contributed by atoms with Crippen LogP contribution in [0.4, 0.5) is 0 Å². The zero-order chi connectivity index (χ0) is 26.4. The molecule has 3 aromatic carbocycles. The maximum absolute atomic E-state index is 12.7. The van der Waals surface area contributed by atoms with Crippen molar-refractivity contribution in [1.29, 1.82) is 0 Å². The average Bonchev–Trinajstić information content (AvgIpc) is 2.89. The highest BCUT2D eigenvalue weighted by molar-refractivity contribution is 6.32. The van der Waals surface area contributed by atoms with Gasteiger partial charge in [0.05, 0.1) is 18.6 Å². The summed E-state index contributed by atoms with van der Waals surface area (Å²) >= 11 is 12.7. The smallest absolute Gasteiger partial charge is 0.313 e. The van der Waals surface area contributed by atoms with Gasteiger partial charge in [-0.15, -0.1) is 12.4 Å². The second-order valence-electron chi connectivity index (χ2n) is 10.1. The van der Waals surface area contributed by atoms with Crippen molar-refractivity contribution in [3.63, 3.8) is 0 Å². The fourth-order valence-corrected chi connectivity index (χ4v) is 5.08. The van der Waals surface area contributed by atoms with Crippen LogP contribution in [0.25, 0.3) is 11.1 Å². The standard InChI is InChI=1S/C31H35Cl2NO3.ClH/c1-21(2)18-23-4-6-24(7-5-23)22(3)31(35)37-17-15-34-14-16-36-30(20-34)28-13-10-26(19-29(28)33)25-8-11-27(32)12-9-25;/h4-13,19,21-22,30H,14-18,20H2,1-3H3;1H. The summed E-state index contributed by atoms with van der Waals surface area (Å²) in [6, 6.07) is 22.1. The third-order valence-corrected chi connectivity index (χ3v) is 7.38. The number of ether oxygens (including phenoxy) is 2. The third kappa shape index (κ3) is 8.21. The molecule has 1 aliphatic rings. The molecule has 4 nitrogen and oxygen atoms in total. The number of carbonyl (C=O) groups excluding carboxylic acids is 1. The van der Waals surface area contributed by atoms with Crippen LogP contribution in [0, 0.1) is 5.92 Å². The largest absolute Gasteiger partial charge is 0.464 e. The van der Waals surface area contributed by atoms with Gasteiger partial charge in [0.25, 0.3) is 0 Å². The summed E-state index contributed by atoms with van der Waals surface area (Å²) in [7, 11) is 0. The minimum absolute atomic E-state index is 0. The Balaban J connectivity index is 0.00000400. The lowest BCUT2D eigenvalue weighted by Gasteiger charge is -2.33. The number of benzene rings is 3. The van der Waals surface area contributed by atoms with Gasteiger partial charge in [0.2, 0.25) is 0 Å². The van der Waals surface area contributed by atoms with E-state index in [-0.39, 0.29) is 30.4 Å². The monoisotopic (exact) mass is 575 g/mol. The van der Waals surface area contributed by atoms with Crippen LogP contribution in [-0.4, -0.2) is 43.7 Å². The first-order chi connectivity index (χ1) is 17.8. The summed E-state index contributed by atoms with van der Waals surface area (Å²) in [6.45, 7) is 9.42. The Morgan fingerprint density at radius 2 is 1.68 bits per heavy atom. The van der Waals surface area contributed by atoms with Gasteiger partial charge in [-0.1, -0.05) is 85.6 Å². The van der Waals surface area contributed by atoms with Crippen LogP contribution in [0.15, 0.2) is 66.7 Å². The highest BCUT2D eigenvalue weighted by atomic mass is 35.5. The molecule has 0 amide bonds. The van der Waals surface area contributed by atoms with Crippen LogP contribution in [0.1, 0.15) is 49.5 Å². The van der Waals surface area contributed by atoms with Crippen LogP contribution in [0.2, 0.25) is 10.0 Å². The summed E-state index contributed by atoms with van der Waals surface area (Å²) in [5, 5.41) is 1.39. The van der Waals surface area contributed by atoms with Gasteiger partial charge in [0.15, 0.2) is 0 Å². The Hall–Kier alpha value is -2.08. The first kappa shape index (κ1) is 30.5. The third-order valence-electron chi connectivity index (χ3n) is 6.80. The molecule has 3 aromatic rings. The van der Waals surface area contributed by atoms with Crippen LogP contribution < -0.4 is 0 Å². The van der Waals surface area contributed by atoms with Crippen molar-refractivity contribution >= 4 is 41.6 Å². The Labute approximate surface area is 242 Å². The van der Waals surface area contributed by atoms with Gasteiger partial charge in [0.1, 0.15) is 6.61 Å². The van der Waals surface area contributed by atoms with Crippen LogP contribution >= 0.6 is 35.6 Å². The first-order valence-corrected chi connectivity index (χ1v) is 13.7. The van der Waals surface area contributed by atoms with Crippen LogP contribution in [0.5, 0.6) is 0 Å². The maximum atomic E-state index is 12.7. The predicted octanol–water partition coefficient (Wildman–Crippen LogP) is 8.00.